The predicted octanol–water partition coefficient (Wildman–Crippen LogP) is 8.99. The Morgan fingerprint density at radius 1 is 0.415 bits per heavy atom. The van der Waals surface area contributed by atoms with Crippen LogP contribution in [0.15, 0.2) is 138 Å². The largest absolute Gasteiger partial charge is 0.456 e. The first-order valence-electron chi connectivity index (χ1n) is 13.5. The SMILES string of the molecule is c1ccc(-c2nc(-c3ccc(-c4ccc5ccccc5c4)nc3)nc(-c3ccc4c(c3)oc3ccccc34)n2)cc1. The lowest BCUT2D eigenvalue weighted by Gasteiger charge is -2.09. The summed E-state index contributed by atoms with van der Waals surface area (Å²) in [7, 11) is 0. The summed E-state index contributed by atoms with van der Waals surface area (Å²) in [5.41, 5.74) is 6.22. The minimum atomic E-state index is 0.566. The Labute approximate surface area is 235 Å². The van der Waals surface area contributed by atoms with Crippen molar-refractivity contribution in [3.8, 4) is 45.4 Å². The minimum Gasteiger partial charge on any atom is -0.456 e. The zero-order chi connectivity index (χ0) is 27.2. The Morgan fingerprint density at radius 3 is 1.90 bits per heavy atom. The van der Waals surface area contributed by atoms with Gasteiger partial charge in [-0.05, 0) is 47.2 Å². The molecule has 3 heterocycles. The molecule has 5 aromatic carbocycles. The summed E-state index contributed by atoms with van der Waals surface area (Å²) in [5, 5.41) is 4.55. The molecule has 0 radical (unpaired) electrons. The number of aromatic nitrogens is 4. The Bertz CT molecular complexity index is 2200. The van der Waals surface area contributed by atoms with Crippen LogP contribution in [0.5, 0.6) is 0 Å². The smallest absolute Gasteiger partial charge is 0.165 e. The van der Waals surface area contributed by atoms with Gasteiger partial charge in [0.25, 0.3) is 0 Å². The predicted molar refractivity (Wildman–Crippen MR) is 164 cm³/mol. The van der Waals surface area contributed by atoms with Gasteiger partial charge in [-0.15, -0.1) is 0 Å². The summed E-state index contributed by atoms with van der Waals surface area (Å²) in [6, 6.07) is 42.9. The van der Waals surface area contributed by atoms with Crippen molar-refractivity contribution in [3.05, 3.63) is 134 Å². The van der Waals surface area contributed by atoms with E-state index in [1.165, 1.54) is 10.8 Å². The van der Waals surface area contributed by atoms with E-state index in [1.54, 1.807) is 0 Å². The summed E-state index contributed by atoms with van der Waals surface area (Å²) >= 11 is 0. The van der Waals surface area contributed by atoms with Crippen LogP contribution < -0.4 is 0 Å². The highest BCUT2D eigenvalue weighted by atomic mass is 16.3. The van der Waals surface area contributed by atoms with Gasteiger partial charge in [-0.1, -0.05) is 91.0 Å². The molecule has 41 heavy (non-hydrogen) atoms. The van der Waals surface area contributed by atoms with Gasteiger partial charge in [0.05, 0.1) is 5.69 Å². The van der Waals surface area contributed by atoms with Crippen LogP contribution in [-0.4, -0.2) is 19.9 Å². The molecule has 0 aliphatic carbocycles. The van der Waals surface area contributed by atoms with Gasteiger partial charge < -0.3 is 4.42 Å². The van der Waals surface area contributed by atoms with Crippen molar-refractivity contribution in [1.29, 1.82) is 0 Å². The van der Waals surface area contributed by atoms with Crippen molar-refractivity contribution >= 4 is 32.7 Å². The van der Waals surface area contributed by atoms with Gasteiger partial charge in [-0.2, -0.15) is 0 Å². The lowest BCUT2D eigenvalue weighted by molar-refractivity contribution is 0.669. The normalized spacial score (nSPS) is 11.4. The van der Waals surface area contributed by atoms with E-state index in [2.05, 4.69) is 54.6 Å². The number of para-hydroxylation sites is 1. The Morgan fingerprint density at radius 2 is 1.07 bits per heavy atom. The number of hydrogen-bond donors (Lipinski definition) is 0. The molecule has 5 heteroatoms. The highest BCUT2D eigenvalue weighted by molar-refractivity contribution is 6.05. The maximum Gasteiger partial charge on any atom is 0.165 e. The standard InChI is InChI=1S/C36H22N4O/c1-2-9-24(10-3-1)34-38-35(27-16-18-30-29-12-6-7-13-32(29)41-33(30)21-27)40-36(39-34)28-17-19-31(37-22-28)26-15-14-23-8-4-5-11-25(23)20-26/h1-22H. The molecule has 0 unspecified atom stereocenters. The highest BCUT2D eigenvalue weighted by Crippen LogP contribution is 2.32. The van der Waals surface area contributed by atoms with Crippen molar-refractivity contribution in [2.45, 2.75) is 0 Å². The molecule has 0 bridgehead atoms. The third-order valence-electron chi connectivity index (χ3n) is 7.37. The third-order valence-corrected chi connectivity index (χ3v) is 7.37. The van der Waals surface area contributed by atoms with Crippen LogP contribution in [-0.2, 0) is 0 Å². The molecule has 8 aromatic rings. The molecular formula is C36H22N4O. The maximum atomic E-state index is 6.15. The fraction of sp³-hybridized carbons (Fsp3) is 0. The number of hydrogen-bond acceptors (Lipinski definition) is 5. The molecule has 0 fully saturated rings. The highest BCUT2D eigenvalue weighted by Gasteiger charge is 2.15. The fourth-order valence-electron chi connectivity index (χ4n) is 5.26. The van der Waals surface area contributed by atoms with Crippen LogP contribution in [0.4, 0.5) is 0 Å². The summed E-state index contributed by atoms with van der Waals surface area (Å²) in [5.74, 6) is 1.75. The first-order chi connectivity index (χ1) is 20.3. The van der Waals surface area contributed by atoms with Crippen molar-refractivity contribution in [2.75, 3.05) is 0 Å². The number of furan rings is 1. The zero-order valence-corrected chi connectivity index (χ0v) is 21.9. The Kier molecular flexibility index (Phi) is 5.38. The molecule has 0 aliphatic rings. The molecule has 3 aromatic heterocycles. The van der Waals surface area contributed by atoms with E-state index in [4.69, 9.17) is 24.4 Å². The second-order valence-corrected chi connectivity index (χ2v) is 9.98. The third kappa shape index (κ3) is 4.21. The number of fused-ring (bicyclic) bond motifs is 4. The van der Waals surface area contributed by atoms with Crippen LogP contribution >= 0.6 is 0 Å². The van der Waals surface area contributed by atoms with Gasteiger partial charge in [-0.25, -0.2) is 15.0 Å². The zero-order valence-electron chi connectivity index (χ0n) is 21.9. The molecule has 0 aliphatic heterocycles. The molecule has 192 valence electrons. The first kappa shape index (κ1) is 23.2. The van der Waals surface area contributed by atoms with Gasteiger partial charge >= 0.3 is 0 Å². The lowest BCUT2D eigenvalue weighted by atomic mass is 10.0. The van der Waals surface area contributed by atoms with Crippen molar-refractivity contribution in [3.63, 3.8) is 0 Å². The average molecular weight is 527 g/mol. The number of pyridine rings is 1. The fourth-order valence-corrected chi connectivity index (χ4v) is 5.26. The van der Waals surface area contributed by atoms with Crippen molar-refractivity contribution in [1.82, 2.24) is 19.9 Å². The van der Waals surface area contributed by atoms with Gasteiger partial charge in [0.2, 0.25) is 0 Å². The van der Waals surface area contributed by atoms with Crippen LogP contribution in [0.1, 0.15) is 0 Å². The van der Waals surface area contributed by atoms with Crippen LogP contribution in [0.25, 0.3) is 78.1 Å². The Balaban J connectivity index is 1.23. The topological polar surface area (TPSA) is 64.7 Å². The summed E-state index contributed by atoms with van der Waals surface area (Å²) in [6.45, 7) is 0. The van der Waals surface area contributed by atoms with Crippen LogP contribution in [0, 0.1) is 0 Å². The van der Waals surface area contributed by atoms with E-state index in [9.17, 15) is 0 Å². The Hall–Kier alpha value is -5.68. The summed E-state index contributed by atoms with van der Waals surface area (Å²) < 4.78 is 6.15. The van der Waals surface area contributed by atoms with Crippen molar-refractivity contribution in [2.24, 2.45) is 0 Å². The molecule has 0 atom stereocenters. The number of nitrogens with zero attached hydrogens (tertiary/aromatic N) is 4. The monoisotopic (exact) mass is 526 g/mol. The van der Waals surface area contributed by atoms with Gasteiger partial charge in [0.1, 0.15) is 11.2 Å². The second-order valence-electron chi connectivity index (χ2n) is 9.98. The number of rotatable bonds is 4. The van der Waals surface area contributed by atoms with Gasteiger partial charge in [-0.3, -0.25) is 4.98 Å². The molecule has 0 N–H and O–H groups in total. The van der Waals surface area contributed by atoms with Crippen molar-refractivity contribution < 1.29 is 4.42 Å². The summed E-state index contributed by atoms with van der Waals surface area (Å²) in [4.78, 5) is 19.4. The van der Waals surface area contributed by atoms with E-state index in [0.29, 0.717) is 17.5 Å². The average Bonchev–Trinajstić information content (AvgIpc) is 3.43. The molecular weight excluding hydrogens is 504 g/mol. The van der Waals surface area contributed by atoms with E-state index >= 15 is 0 Å². The maximum absolute atomic E-state index is 6.15. The number of benzene rings is 5. The molecule has 5 nitrogen and oxygen atoms in total. The molecule has 0 amide bonds. The molecule has 8 rings (SSSR count). The molecule has 0 saturated carbocycles. The quantitative estimate of drug-likeness (QED) is 0.229. The van der Waals surface area contributed by atoms with Crippen LogP contribution in [0.3, 0.4) is 0 Å². The minimum absolute atomic E-state index is 0.566. The summed E-state index contributed by atoms with van der Waals surface area (Å²) in [6.07, 6.45) is 1.83. The van der Waals surface area contributed by atoms with E-state index in [-0.39, 0.29) is 0 Å². The van der Waals surface area contributed by atoms with E-state index < -0.39 is 0 Å². The molecule has 0 saturated heterocycles. The van der Waals surface area contributed by atoms with Gasteiger partial charge in [0.15, 0.2) is 17.5 Å². The van der Waals surface area contributed by atoms with Gasteiger partial charge in [0, 0.05) is 39.2 Å². The molecule has 0 spiro atoms. The second kappa shape index (κ2) is 9.50. The van der Waals surface area contributed by atoms with E-state index in [0.717, 1.165) is 49.9 Å². The lowest BCUT2D eigenvalue weighted by Crippen LogP contribution is -2.00. The van der Waals surface area contributed by atoms with Crippen LogP contribution in [0.2, 0.25) is 0 Å². The van der Waals surface area contributed by atoms with E-state index in [1.807, 2.05) is 79.0 Å². The first-order valence-corrected chi connectivity index (χ1v) is 13.5.